The molecule has 0 amide bonds. The van der Waals surface area contributed by atoms with Crippen LogP contribution in [0.25, 0.3) is 0 Å². The highest BCUT2D eigenvalue weighted by atomic mass is 32.2. The summed E-state index contributed by atoms with van der Waals surface area (Å²) in [4.78, 5) is 15.3. The van der Waals surface area contributed by atoms with Crippen molar-refractivity contribution in [2.45, 2.75) is 23.5 Å². The summed E-state index contributed by atoms with van der Waals surface area (Å²) in [6.45, 7) is 2.69. The molecule has 19 heavy (non-hydrogen) atoms. The number of oxazole rings is 1. The van der Waals surface area contributed by atoms with E-state index < -0.39 is 0 Å². The summed E-state index contributed by atoms with van der Waals surface area (Å²) >= 11 is 1.14. The lowest BCUT2D eigenvalue weighted by Crippen LogP contribution is -2.03. The molecule has 1 N–H and O–H groups in total. The van der Waals surface area contributed by atoms with E-state index in [4.69, 9.17) is 4.42 Å². The lowest BCUT2D eigenvalue weighted by molar-refractivity contribution is -0.386. The molecule has 100 valence electrons. The van der Waals surface area contributed by atoms with Crippen LogP contribution in [0.1, 0.15) is 13.3 Å². The van der Waals surface area contributed by atoms with Gasteiger partial charge in [-0.05, 0) is 30.3 Å². The first-order valence-corrected chi connectivity index (χ1v) is 6.62. The summed E-state index contributed by atoms with van der Waals surface area (Å²) in [6, 6.07) is 5.16. The second-order valence-corrected chi connectivity index (χ2v) is 4.73. The molecule has 1 heterocycles. The van der Waals surface area contributed by atoms with E-state index in [1.54, 1.807) is 18.2 Å². The molecule has 0 fully saturated rings. The molecule has 0 aliphatic heterocycles. The first-order chi connectivity index (χ1) is 9.22. The largest absolute Gasteiger partial charge is 0.440 e. The SMILES string of the molecule is CCCNc1cccc(Sc2ncco2)c1[N+](=O)[O-]. The number of nitro groups is 1. The number of para-hydroxylation sites is 1. The first-order valence-electron chi connectivity index (χ1n) is 5.81. The molecule has 1 aromatic carbocycles. The van der Waals surface area contributed by atoms with Gasteiger partial charge in [-0.3, -0.25) is 10.1 Å². The molecule has 0 saturated carbocycles. The van der Waals surface area contributed by atoms with Crippen LogP contribution in [-0.4, -0.2) is 16.5 Å². The number of nitrogens with zero attached hydrogens (tertiary/aromatic N) is 2. The summed E-state index contributed by atoms with van der Waals surface area (Å²) in [7, 11) is 0. The van der Waals surface area contributed by atoms with Crippen LogP contribution < -0.4 is 5.32 Å². The van der Waals surface area contributed by atoms with E-state index in [2.05, 4.69) is 10.3 Å². The Hall–Kier alpha value is -2.02. The minimum absolute atomic E-state index is 0.0548. The Morgan fingerprint density at radius 2 is 2.37 bits per heavy atom. The molecule has 0 atom stereocenters. The van der Waals surface area contributed by atoms with Crippen LogP contribution in [0.5, 0.6) is 0 Å². The number of hydrogen-bond donors (Lipinski definition) is 1. The molecule has 0 bridgehead atoms. The van der Waals surface area contributed by atoms with E-state index >= 15 is 0 Å². The number of nitro benzene ring substituents is 1. The van der Waals surface area contributed by atoms with E-state index in [0.29, 0.717) is 22.4 Å². The highest BCUT2D eigenvalue weighted by Crippen LogP contribution is 2.38. The van der Waals surface area contributed by atoms with E-state index in [1.807, 2.05) is 6.92 Å². The summed E-state index contributed by atoms with van der Waals surface area (Å²) in [5, 5.41) is 14.7. The Morgan fingerprint density at radius 1 is 1.53 bits per heavy atom. The zero-order valence-electron chi connectivity index (χ0n) is 10.3. The molecule has 2 aromatic rings. The van der Waals surface area contributed by atoms with Crippen molar-refractivity contribution in [3.8, 4) is 0 Å². The van der Waals surface area contributed by atoms with Crippen molar-refractivity contribution in [1.29, 1.82) is 0 Å². The molecule has 2 rings (SSSR count). The average molecular weight is 279 g/mol. The first kappa shape index (κ1) is 13.4. The van der Waals surface area contributed by atoms with Crippen molar-refractivity contribution >= 4 is 23.1 Å². The van der Waals surface area contributed by atoms with Crippen molar-refractivity contribution < 1.29 is 9.34 Å². The fourth-order valence-corrected chi connectivity index (χ4v) is 2.38. The van der Waals surface area contributed by atoms with Crippen molar-refractivity contribution in [3.63, 3.8) is 0 Å². The third-order valence-electron chi connectivity index (χ3n) is 2.35. The second-order valence-electron chi connectivity index (χ2n) is 3.74. The number of aromatic nitrogens is 1. The summed E-state index contributed by atoms with van der Waals surface area (Å²) < 4.78 is 5.10. The van der Waals surface area contributed by atoms with E-state index in [9.17, 15) is 10.1 Å². The highest BCUT2D eigenvalue weighted by Gasteiger charge is 2.21. The topological polar surface area (TPSA) is 81.2 Å². The van der Waals surface area contributed by atoms with Gasteiger partial charge in [0.25, 0.3) is 5.22 Å². The molecule has 6 nitrogen and oxygen atoms in total. The Balaban J connectivity index is 2.33. The zero-order valence-corrected chi connectivity index (χ0v) is 11.1. The maximum absolute atomic E-state index is 11.2. The summed E-state index contributed by atoms with van der Waals surface area (Å²) in [5.41, 5.74) is 0.572. The van der Waals surface area contributed by atoms with E-state index in [-0.39, 0.29) is 10.6 Å². The summed E-state index contributed by atoms with van der Waals surface area (Å²) in [5.74, 6) is 0. The number of nitrogens with one attached hydrogen (secondary N) is 1. The lowest BCUT2D eigenvalue weighted by Gasteiger charge is -2.08. The molecule has 7 heteroatoms. The molecule has 0 saturated heterocycles. The monoisotopic (exact) mass is 279 g/mol. The minimum atomic E-state index is -0.386. The molecular formula is C12H13N3O3S. The van der Waals surface area contributed by atoms with Gasteiger partial charge in [0.2, 0.25) is 0 Å². The quantitative estimate of drug-likeness (QED) is 0.643. The van der Waals surface area contributed by atoms with Gasteiger partial charge in [0.05, 0.1) is 16.0 Å². The maximum atomic E-state index is 11.2. The smallest absolute Gasteiger partial charge is 0.306 e. The number of rotatable bonds is 6. The van der Waals surface area contributed by atoms with Crippen LogP contribution in [0, 0.1) is 10.1 Å². The van der Waals surface area contributed by atoms with Crippen LogP contribution in [0.15, 0.2) is 45.2 Å². The number of anilines is 1. The lowest BCUT2D eigenvalue weighted by atomic mass is 10.2. The van der Waals surface area contributed by atoms with Crippen LogP contribution >= 0.6 is 11.8 Å². The molecule has 0 unspecified atom stereocenters. The van der Waals surface area contributed by atoms with Gasteiger partial charge in [-0.2, -0.15) is 0 Å². The van der Waals surface area contributed by atoms with Gasteiger partial charge < -0.3 is 9.73 Å². The van der Waals surface area contributed by atoms with E-state index in [1.165, 1.54) is 12.5 Å². The Morgan fingerprint density at radius 3 is 3.00 bits per heavy atom. The predicted octanol–water partition coefficient (Wildman–Crippen LogP) is 3.56. The highest BCUT2D eigenvalue weighted by molar-refractivity contribution is 7.99. The van der Waals surface area contributed by atoms with Gasteiger partial charge in [0, 0.05) is 6.54 Å². The van der Waals surface area contributed by atoms with Gasteiger partial charge >= 0.3 is 5.69 Å². The van der Waals surface area contributed by atoms with Gasteiger partial charge in [-0.15, -0.1) is 0 Å². The fourth-order valence-electron chi connectivity index (χ4n) is 1.55. The van der Waals surface area contributed by atoms with Crippen LogP contribution in [0.3, 0.4) is 0 Å². The Kier molecular flexibility index (Phi) is 4.40. The average Bonchev–Trinajstić information content (AvgIpc) is 2.89. The van der Waals surface area contributed by atoms with Crippen molar-refractivity contribution in [2.75, 3.05) is 11.9 Å². The molecule has 0 aliphatic rings. The van der Waals surface area contributed by atoms with Gasteiger partial charge in [-0.25, -0.2) is 4.98 Å². The molecule has 0 spiro atoms. The van der Waals surface area contributed by atoms with Crippen molar-refractivity contribution in [2.24, 2.45) is 0 Å². The summed E-state index contributed by atoms with van der Waals surface area (Å²) in [6.07, 6.45) is 3.84. The standard InChI is InChI=1S/C12H13N3O3S/c1-2-6-13-9-4-3-5-10(11(9)15(16)17)19-12-14-7-8-18-12/h3-5,7-8,13H,2,6H2,1H3. The van der Waals surface area contributed by atoms with Gasteiger partial charge in [0.15, 0.2) is 0 Å². The van der Waals surface area contributed by atoms with Crippen molar-refractivity contribution in [1.82, 2.24) is 4.98 Å². The Labute approximate surface area is 114 Å². The third kappa shape index (κ3) is 3.25. The van der Waals surface area contributed by atoms with Crippen LogP contribution in [0.4, 0.5) is 11.4 Å². The minimum Gasteiger partial charge on any atom is -0.440 e. The zero-order chi connectivity index (χ0) is 13.7. The van der Waals surface area contributed by atoms with Crippen LogP contribution in [0.2, 0.25) is 0 Å². The molecular weight excluding hydrogens is 266 g/mol. The van der Waals surface area contributed by atoms with Crippen molar-refractivity contribution in [3.05, 3.63) is 40.8 Å². The maximum Gasteiger partial charge on any atom is 0.306 e. The third-order valence-corrected chi connectivity index (χ3v) is 3.28. The molecule has 1 aromatic heterocycles. The molecule has 0 aliphatic carbocycles. The number of benzene rings is 1. The normalized spacial score (nSPS) is 10.4. The van der Waals surface area contributed by atoms with Gasteiger partial charge in [-0.1, -0.05) is 13.0 Å². The fraction of sp³-hybridized carbons (Fsp3) is 0.250. The second kappa shape index (κ2) is 6.24. The predicted molar refractivity (Wildman–Crippen MR) is 72.5 cm³/mol. The number of hydrogen-bond acceptors (Lipinski definition) is 6. The van der Waals surface area contributed by atoms with E-state index in [0.717, 1.165) is 18.2 Å². The van der Waals surface area contributed by atoms with Crippen LogP contribution in [-0.2, 0) is 0 Å². The molecule has 0 radical (unpaired) electrons. The van der Waals surface area contributed by atoms with Gasteiger partial charge in [0.1, 0.15) is 12.0 Å². The Bertz CT molecular complexity index is 557.